The Hall–Kier alpha value is -3.47. The molecule has 0 bridgehead atoms. The van der Waals surface area contributed by atoms with Crippen LogP contribution in [0.2, 0.25) is 0 Å². The van der Waals surface area contributed by atoms with Crippen LogP contribution in [0.15, 0.2) is 71.3 Å². The number of pyridine rings is 1. The van der Waals surface area contributed by atoms with Crippen molar-refractivity contribution < 1.29 is 9.32 Å². The minimum absolute atomic E-state index is 0.291. The van der Waals surface area contributed by atoms with Gasteiger partial charge >= 0.3 is 0 Å². The van der Waals surface area contributed by atoms with Gasteiger partial charge in [0.05, 0.1) is 5.52 Å². The standard InChI is InChI=1S/C20H15N3O2/c1-13-18(19(23-25-13)15-8-3-2-4-9-15)20(24)22-17-12-11-14-7-5-6-10-16(14)21-17/h2-12H,1H3,(H,21,22,24). The van der Waals surface area contributed by atoms with Crippen LogP contribution < -0.4 is 5.32 Å². The molecule has 1 amide bonds. The van der Waals surface area contributed by atoms with E-state index >= 15 is 0 Å². The van der Waals surface area contributed by atoms with Gasteiger partial charge in [0.25, 0.3) is 5.91 Å². The molecule has 0 atom stereocenters. The van der Waals surface area contributed by atoms with Crippen LogP contribution in [0.1, 0.15) is 16.1 Å². The number of hydrogen-bond acceptors (Lipinski definition) is 4. The van der Waals surface area contributed by atoms with E-state index in [-0.39, 0.29) is 5.91 Å². The molecule has 0 aliphatic rings. The van der Waals surface area contributed by atoms with Crippen LogP contribution in [0, 0.1) is 6.92 Å². The molecular weight excluding hydrogens is 314 g/mol. The first kappa shape index (κ1) is 15.1. The van der Waals surface area contributed by atoms with Crippen LogP contribution in [-0.4, -0.2) is 16.0 Å². The molecular formula is C20H15N3O2. The van der Waals surface area contributed by atoms with E-state index < -0.39 is 0 Å². The van der Waals surface area contributed by atoms with Gasteiger partial charge in [-0.2, -0.15) is 0 Å². The van der Waals surface area contributed by atoms with Crippen LogP contribution in [0.5, 0.6) is 0 Å². The summed E-state index contributed by atoms with van der Waals surface area (Å²) in [6.45, 7) is 1.72. The number of hydrogen-bond donors (Lipinski definition) is 1. The van der Waals surface area contributed by atoms with Crippen molar-refractivity contribution in [3.63, 3.8) is 0 Å². The number of aromatic nitrogens is 2. The van der Waals surface area contributed by atoms with Crippen molar-refractivity contribution in [3.05, 3.63) is 78.1 Å². The molecule has 0 unspecified atom stereocenters. The minimum atomic E-state index is -0.291. The first-order valence-electron chi connectivity index (χ1n) is 7.91. The van der Waals surface area contributed by atoms with Gasteiger partial charge in [0.1, 0.15) is 22.8 Å². The van der Waals surface area contributed by atoms with Gasteiger partial charge in [0.2, 0.25) is 0 Å². The van der Waals surface area contributed by atoms with Crippen molar-refractivity contribution in [2.24, 2.45) is 0 Å². The average molecular weight is 329 g/mol. The smallest absolute Gasteiger partial charge is 0.262 e. The Morgan fingerprint density at radius 3 is 2.56 bits per heavy atom. The van der Waals surface area contributed by atoms with E-state index in [1.54, 1.807) is 13.0 Å². The van der Waals surface area contributed by atoms with Crippen molar-refractivity contribution >= 4 is 22.6 Å². The number of rotatable bonds is 3. The van der Waals surface area contributed by atoms with Crippen LogP contribution in [0.25, 0.3) is 22.2 Å². The zero-order valence-corrected chi connectivity index (χ0v) is 13.6. The summed E-state index contributed by atoms with van der Waals surface area (Å²) >= 11 is 0. The second-order valence-electron chi connectivity index (χ2n) is 5.67. The summed E-state index contributed by atoms with van der Waals surface area (Å²) in [6, 6.07) is 20.9. The molecule has 5 nitrogen and oxygen atoms in total. The first-order valence-corrected chi connectivity index (χ1v) is 7.91. The lowest BCUT2D eigenvalue weighted by Gasteiger charge is -2.06. The molecule has 122 valence electrons. The molecule has 0 spiro atoms. The van der Waals surface area contributed by atoms with Gasteiger partial charge in [-0.3, -0.25) is 4.79 Å². The zero-order valence-electron chi connectivity index (χ0n) is 13.6. The van der Waals surface area contributed by atoms with Crippen LogP contribution in [0.3, 0.4) is 0 Å². The lowest BCUT2D eigenvalue weighted by Crippen LogP contribution is -2.14. The highest BCUT2D eigenvalue weighted by molar-refractivity contribution is 6.08. The Balaban J connectivity index is 1.68. The molecule has 25 heavy (non-hydrogen) atoms. The number of benzene rings is 2. The average Bonchev–Trinajstić information content (AvgIpc) is 3.04. The number of carbonyl (C=O) groups excluding carboxylic acids is 1. The zero-order chi connectivity index (χ0) is 17.2. The molecule has 4 aromatic rings. The topological polar surface area (TPSA) is 68.0 Å². The summed E-state index contributed by atoms with van der Waals surface area (Å²) in [4.78, 5) is 17.2. The van der Waals surface area contributed by atoms with E-state index in [1.165, 1.54) is 0 Å². The predicted molar refractivity (Wildman–Crippen MR) is 96.4 cm³/mol. The number of nitrogens with one attached hydrogen (secondary N) is 1. The molecule has 2 heterocycles. The number of amides is 1. The molecule has 2 aromatic carbocycles. The Morgan fingerprint density at radius 1 is 0.960 bits per heavy atom. The number of fused-ring (bicyclic) bond motifs is 1. The van der Waals surface area contributed by atoms with Crippen LogP contribution in [-0.2, 0) is 0 Å². The van der Waals surface area contributed by atoms with Crippen molar-refractivity contribution in [2.75, 3.05) is 5.32 Å². The Morgan fingerprint density at radius 2 is 1.72 bits per heavy atom. The number of carbonyl (C=O) groups is 1. The highest BCUT2D eigenvalue weighted by Crippen LogP contribution is 2.26. The predicted octanol–water partition coefficient (Wildman–Crippen LogP) is 4.45. The minimum Gasteiger partial charge on any atom is -0.360 e. The third-order valence-corrected chi connectivity index (χ3v) is 3.98. The highest BCUT2D eigenvalue weighted by atomic mass is 16.5. The van der Waals surface area contributed by atoms with E-state index in [9.17, 15) is 4.79 Å². The maximum atomic E-state index is 12.8. The van der Waals surface area contributed by atoms with Gasteiger partial charge in [-0.25, -0.2) is 4.98 Å². The Labute approximate surface area is 144 Å². The van der Waals surface area contributed by atoms with E-state index in [4.69, 9.17) is 4.52 Å². The summed E-state index contributed by atoms with van der Waals surface area (Å²) in [7, 11) is 0. The summed E-state index contributed by atoms with van der Waals surface area (Å²) in [5.74, 6) is 0.667. The molecule has 0 saturated heterocycles. The molecule has 0 radical (unpaired) electrons. The molecule has 0 aliphatic heterocycles. The van der Waals surface area contributed by atoms with Gasteiger partial charge in [-0.05, 0) is 25.1 Å². The number of anilines is 1. The lowest BCUT2D eigenvalue weighted by atomic mass is 10.1. The SMILES string of the molecule is Cc1onc(-c2ccccc2)c1C(=O)Nc1ccc2ccccc2n1. The lowest BCUT2D eigenvalue weighted by molar-refractivity contribution is 0.102. The summed E-state index contributed by atoms with van der Waals surface area (Å²) in [5, 5.41) is 7.90. The highest BCUT2D eigenvalue weighted by Gasteiger charge is 2.21. The maximum absolute atomic E-state index is 12.8. The van der Waals surface area contributed by atoms with Crippen molar-refractivity contribution in [2.45, 2.75) is 6.92 Å². The van der Waals surface area contributed by atoms with Gasteiger partial charge in [0.15, 0.2) is 0 Å². The van der Waals surface area contributed by atoms with Gasteiger partial charge < -0.3 is 9.84 Å². The third-order valence-electron chi connectivity index (χ3n) is 3.98. The third kappa shape index (κ3) is 2.87. The molecule has 0 fully saturated rings. The largest absolute Gasteiger partial charge is 0.360 e. The van der Waals surface area contributed by atoms with Gasteiger partial charge in [-0.1, -0.05) is 53.7 Å². The fourth-order valence-electron chi connectivity index (χ4n) is 2.75. The molecule has 0 aliphatic carbocycles. The molecule has 5 heteroatoms. The summed E-state index contributed by atoms with van der Waals surface area (Å²) in [5.41, 5.74) is 2.60. The van der Waals surface area contributed by atoms with Crippen molar-refractivity contribution in [1.29, 1.82) is 0 Å². The first-order chi connectivity index (χ1) is 12.2. The quantitative estimate of drug-likeness (QED) is 0.603. The second-order valence-corrected chi connectivity index (χ2v) is 5.67. The molecule has 4 rings (SSSR count). The summed E-state index contributed by atoms with van der Waals surface area (Å²) in [6.07, 6.45) is 0. The number of para-hydroxylation sites is 1. The van der Waals surface area contributed by atoms with E-state index in [2.05, 4.69) is 15.5 Å². The second kappa shape index (κ2) is 6.20. The van der Waals surface area contributed by atoms with Gasteiger partial charge in [0, 0.05) is 10.9 Å². The fourth-order valence-corrected chi connectivity index (χ4v) is 2.75. The Kier molecular flexibility index (Phi) is 3.74. The van der Waals surface area contributed by atoms with Crippen molar-refractivity contribution in [3.8, 4) is 11.3 Å². The van der Waals surface area contributed by atoms with Crippen LogP contribution in [0.4, 0.5) is 5.82 Å². The molecule has 2 aromatic heterocycles. The van der Waals surface area contributed by atoms with Crippen LogP contribution >= 0.6 is 0 Å². The van der Waals surface area contributed by atoms with E-state index in [0.717, 1.165) is 16.5 Å². The molecule has 0 saturated carbocycles. The van der Waals surface area contributed by atoms with E-state index in [1.807, 2.05) is 60.7 Å². The van der Waals surface area contributed by atoms with Gasteiger partial charge in [-0.15, -0.1) is 0 Å². The normalized spacial score (nSPS) is 10.8. The van der Waals surface area contributed by atoms with Crippen molar-refractivity contribution in [1.82, 2.24) is 10.1 Å². The molecule has 1 N–H and O–H groups in total. The monoisotopic (exact) mass is 329 g/mol. The van der Waals surface area contributed by atoms with E-state index in [0.29, 0.717) is 22.8 Å². The number of aryl methyl sites for hydroxylation is 1. The fraction of sp³-hybridized carbons (Fsp3) is 0.0500. The Bertz CT molecular complexity index is 1050. The maximum Gasteiger partial charge on any atom is 0.262 e. The summed E-state index contributed by atoms with van der Waals surface area (Å²) < 4.78 is 5.25. The number of nitrogens with zero attached hydrogens (tertiary/aromatic N) is 2.